The number of carboxylic acids is 2. The summed E-state index contributed by atoms with van der Waals surface area (Å²) in [5.74, 6) is -4.73. The number of carbonyl (C=O) groups is 5. The van der Waals surface area contributed by atoms with Crippen molar-refractivity contribution in [2.75, 3.05) is 0 Å². The second kappa shape index (κ2) is 14.5. The summed E-state index contributed by atoms with van der Waals surface area (Å²) in [6, 6.07) is -4.48. The van der Waals surface area contributed by atoms with Crippen molar-refractivity contribution in [3.05, 3.63) is 0 Å². The Morgan fingerprint density at radius 3 is 1.67 bits per heavy atom. The van der Waals surface area contributed by atoms with Crippen LogP contribution in [0.4, 0.5) is 0 Å². The number of hydrogen-bond donors (Lipinski definition) is 6. The first-order valence-electron chi connectivity index (χ1n) is 11.3. The molecule has 0 bridgehead atoms. The van der Waals surface area contributed by atoms with Crippen molar-refractivity contribution in [3.63, 3.8) is 0 Å². The summed E-state index contributed by atoms with van der Waals surface area (Å²) in [6.45, 7) is 10.9. The molecule has 0 spiro atoms. The zero-order chi connectivity index (χ0) is 25.9. The van der Waals surface area contributed by atoms with Crippen LogP contribution in [0.3, 0.4) is 0 Å². The number of hydrogen-bond acceptors (Lipinski definition) is 6. The first-order chi connectivity index (χ1) is 15.2. The first-order valence-corrected chi connectivity index (χ1v) is 11.3. The van der Waals surface area contributed by atoms with E-state index < -0.39 is 60.2 Å². The number of carbonyl (C=O) groups excluding carboxylic acids is 3. The van der Waals surface area contributed by atoms with Crippen LogP contribution in [-0.2, 0) is 24.0 Å². The van der Waals surface area contributed by atoms with Gasteiger partial charge in [0.2, 0.25) is 17.7 Å². The topological polar surface area (TPSA) is 188 Å². The maximum Gasteiger partial charge on any atom is 0.326 e. The van der Waals surface area contributed by atoms with E-state index in [2.05, 4.69) is 16.0 Å². The highest BCUT2D eigenvalue weighted by Crippen LogP contribution is 2.13. The summed E-state index contributed by atoms with van der Waals surface area (Å²) in [6.07, 6.45) is 0.407. The molecular weight excluding hydrogens is 432 g/mol. The quantitative estimate of drug-likeness (QED) is 0.198. The van der Waals surface area contributed by atoms with Crippen LogP contribution < -0.4 is 21.7 Å². The van der Waals surface area contributed by atoms with Crippen molar-refractivity contribution in [2.24, 2.45) is 23.5 Å². The predicted octanol–water partition coefficient (Wildman–Crippen LogP) is 0.466. The van der Waals surface area contributed by atoms with Gasteiger partial charge in [0.25, 0.3) is 0 Å². The summed E-state index contributed by atoms with van der Waals surface area (Å²) in [4.78, 5) is 60.6. The van der Waals surface area contributed by atoms with Gasteiger partial charge in [-0.2, -0.15) is 0 Å². The largest absolute Gasteiger partial charge is 0.481 e. The molecule has 7 N–H and O–H groups in total. The lowest BCUT2D eigenvalue weighted by Crippen LogP contribution is -2.59. The summed E-state index contributed by atoms with van der Waals surface area (Å²) >= 11 is 0. The van der Waals surface area contributed by atoms with Crippen LogP contribution in [0.25, 0.3) is 0 Å². The van der Waals surface area contributed by atoms with Gasteiger partial charge in [-0.25, -0.2) is 4.79 Å². The molecule has 0 saturated carbocycles. The van der Waals surface area contributed by atoms with E-state index >= 15 is 0 Å². The van der Waals surface area contributed by atoms with Gasteiger partial charge in [-0.1, -0.05) is 48.0 Å². The van der Waals surface area contributed by atoms with Crippen LogP contribution in [0.2, 0.25) is 0 Å². The second-order valence-corrected chi connectivity index (χ2v) is 9.30. The van der Waals surface area contributed by atoms with Crippen LogP contribution >= 0.6 is 0 Å². The Kier molecular flexibility index (Phi) is 13.3. The fourth-order valence-electron chi connectivity index (χ4n) is 3.17. The van der Waals surface area contributed by atoms with Crippen molar-refractivity contribution < 1.29 is 34.2 Å². The fraction of sp³-hybridized carbons (Fsp3) is 0.773. The van der Waals surface area contributed by atoms with Gasteiger partial charge in [0.05, 0.1) is 12.5 Å². The normalized spacial score (nSPS) is 15.8. The molecule has 0 rings (SSSR count). The van der Waals surface area contributed by atoms with Crippen molar-refractivity contribution >= 4 is 29.7 Å². The zero-order valence-corrected chi connectivity index (χ0v) is 20.4. The van der Waals surface area contributed by atoms with E-state index in [1.165, 1.54) is 0 Å². The number of nitrogens with one attached hydrogen (secondary N) is 3. The maximum atomic E-state index is 13.0. The van der Waals surface area contributed by atoms with Crippen molar-refractivity contribution in [1.29, 1.82) is 0 Å². The summed E-state index contributed by atoms with van der Waals surface area (Å²) < 4.78 is 0. The molecule has 0 aliphatic heterocycles. The van der Waals surface area contributed by atoms with Crippen molar-refractivity contribution in [1.82, 2.24) is 16.0 Å². The lowest BCUT2D eigenvalue weighted by molar-refractivity contribution is -0.143. The predicted molar refractivity (Wildman–Crippen MR) is 122 cm³/mol. The Morgan fingerprint density at radius 1 is 0.758 bits per heavy atom. The standard InChI is InChI=1S/C22H40N4O7/c1-7-13(6)18(21(31)25-16(22(32)33)9-12(4)5)26-20(30)15(8-11(2)3)24-19(29)14(23)10-17(27)28/h11-16,18H,7-10,23H2,1-6H3,(H,24,29)(H,25,31)(H,26,30)(H,27,28)(H,32,33). The first kappa shape index (κ1) is 30.3. The van der Waals surface area contributed by atoms with E-state index in [1.807, 2.05) is 34.6 Å². The Bertz CT molecular complexity index is 696. The molecule has 11 nitrogen and oxygen atoms in total. The molecule has 11 heteroatoms. The number of aliphatic carboxylic acids is 2. The molecule has 0 aliphatic rings. The molecule has 0 aliphatic carbocycles. The monoisotopic (exact) mass is 472 g/mol. The molecule has 0 aromatic heterocycles. The number of nitrogens with two attached hydrogens (primary N) is 1. The number of carboxylic acid groups (broad SMARTS) is 2. The van der Waals surface area contributed by atoms with Gasteiger partial charge in [-0.3, -0.25) is 19.2 Å². The Hall–Kier alpha value is -2.69. The highest BCUT2D eigenvalue weighted by atomic mass is 16.4. The minimum absolute atomic E-state index is 0.00458. The van der Waals surface area contributed by atoms with Gasteiger partial charge in [0.1, 0.15) is 18.1 Å². The number of rotatable bonds is 15. The third-order valence-electron chi connectivity index (χ3n) is 5.19. The van der Waals surface area contributed by atoms with E-state index in [1.54, 1.807) is 6.92 Å². The average Bonchev–Trinajstić information content (AvgIpc) is 2.68. The molecule has 5 unspecified atom stereocenters. The number of amides is 3. The average molecular weight is 473 g/mol. The summed E-state index contributed by atoms with van der Waals surface area (Å²) in [5.41, 5.74) is 5.60. The van der Waals surface area contributed by atoms with Crippen LogP contribution in [0.5, 0.6) is 0 Å². The third-order valence-corrected chi connectivity index (χ3v) is 5.19. The Labute approximate surface area is 195 Å². The Morgan fingerprint density at radius 2 is 1.24 bits per heavy atom. The molecule has 3 amide bonds. The molecule has 0 fully saturated rings. The zero-order valence-electron chi connectivity index (χ0n) is 20.4. The van der Waals surface area contributed by atoms with E-state index in [0.29, 0.717) is 6.42 Å². The summed E-state index contributed by atoms with van der Waals surface area (Å²) in [7, 11) is 0. The SMILES string of the molecule is CCC(C)C(NC(=O)C(CC(C)C)NC(=O)C(N)CC(=O)O)C(=O)NC(CC(C)C)C(=O)O. The van der Waals surface area contributed by atoms with Gasteiger partial charge in [0, 0.05) is 0 Å². The molecule has 0 heterocycles. The van der Waals surface area contributed by atoms with Crippen molar-refractivity contribution in [2.45, 2.75) is 91.4 Å². The van der Waals surface area contributed by atoms with E-state index in [9.17, 15) is 29.1 Å². The minimum Gasteiger partial charge on any atom is -0.481 e. The lowest BCUT2D eigenvalue weighted by atomic mass is 9.95. The minimum atomic E-state index is -1.33. The van der Waals surface area contributed by atoms with E-state index in [0.717, 1.165) is 0 Å². The Balaban J connectivity index is 5.57. The van der Waals surface area contributed by atoms with Gasteiger partial charge >= 0.3 is 11.9 Å². The molecule has 33 heavy (non-hydrogen) atoms. The third kappa shape index (κ3) is 11.7. The highest BCUT2D eigenvalue weighted by Gasteiger charge is 2.33. The molecule has 0 saturated heterocycles. The van der Waals surface area contributed by atoms with Gasteiger partial charge < -0.3 is 31.9 Å². The van der Waals surface area contributed by atoms with Crippen molar-refractivity contribution in [3.8, 4) is 0 Å². The molecular formula is C22H40N4O7. The summed E-state index contributed by atoms with van der Waals surface area (Å²) in [5, 5.41) is 25.9. The smallest absolute Gasteiger partial charge is 0.326 e. The van der Waals surface area contributed by atoms with E-state index in [-0.39, 0.29) is 30.6 Å². The molecule has 5 atom stereocenters. The molecule has 0 aromatic carbocycles. The van der Waals surface area contributed by atoms with Gasteiger partial charge in [-0.15, -0.1) is 0 Å². The van der Waals surface area contributed by atoms with E-state index in [4.69, 9.17) is 10.8 Å². The van der Waals surface area contributed by atoms with Crippen LogP contribution in [0.1, 0.15) is 67.2 Å². The molecule has 190 valence electrons. The highest BCUT2D eigenvalue weighted by molar-refractivity contribution is 5.94. The van der Waals surface area contributed by atoms with Crippen LogP contribution in [0.15, 0.2) is 0 Å². The van der Waals surface area contributed by atoms with Crippen LogP contribution in [-0.4, -0.2) is 64.0 Å². The molecule has 0 aromatic rings. The lowest BCUT2D eigenvalue weighted by Gasteiger charge is -2.28. The maximum absolute atomic E-state index is 13.0. The van der Waals surface area contributed by atoms with Gasteiger partial charge in [0.15, 0.2) is 0 Å². The fourth-order valence-corrected chi connectivity index (χ4v) is 3.17. The van der Waals surface area contributed by atoms with Crippen LogP contribution in [0, 0.1) is 17.8 Å². The second-order valence-electron chi connectivity index (χ2n) is 9.30. The molecule has 0 radical (unpaired) electrons. The van der Waals surface area contributed by atoms with Gasteiger partial charge in [-0.05, 0) is 30.6 Å².